The van der Waals surface area contributed by atoms with Crippen LogP contribution in [0.2, 0.25) is 0 Å². The van der Waals surface area contributed by atoms with Crippen LogP contribution in [0.1, 0.15) is 11.1 Å². The van der Waals surface area contributed by atoms with Crippen LogP contribution >= 0.6 is 0 Å². The lowest BCUT2D eigenvalue weighted by atomic mass is 10.2. The molecule has 2 amide bonds. The zero-order valence-electron chi connectivity index (χ0n) is 11.1. The Hall–Kier alpha value is -2.64. The number of rotatable bonds is 3. The van der Waals surface area contributed by atoms with Gasteiger partial charge in [-0.05, 0) is 29.8 Å². The quantitative estimate of drug-likeness (QED) is 0.851. The molecule has 1 aromatic heterocycles. The van der Waals surface area contributed by atoms with Crippen LogP contribution in [-0.2, 0) is 12.7 Å². The van der Waals surface area contributed by atoms with Crippen molar-refractivity contribution in [2.75, 3.05) is 5.32 Å². The smallest absolute Gasteiger partial charge is 0.334 e. The first-order valence-corrected chi connectivity index (χ1v) is 6.17. The predicted octanol–water partition coefficient (Wildman–Crippen LogP) is 3.56. The van der Waals surface area contributed by atoms with Gasteiger partial charge in [0.1, 0.15) is 5.82 Å². The number of nitrogens with zero attached hydrogens (tertiary/aromatic N) is 1. The molecule has 8 heteroatoms. The molecular weight excluding hydrogens is 302 g/mol. The number of hydrogen-bond donors (Lipinski definition) is 2. The number of amides is 2. The molecule has 0 atom stereocenters. The van der Waals surface area contributed by atoms with Crippen LogP contribution in [0.15, 0.2) is 42.7 Å². The minimum Gasteiger partial charge on any atom is -0.334 e. The standard InChI is InChI=1S/C14H11F4N3O/c15-11-4-3-10(14(16,17)18)6-12(11)21-13(22)20-8-9-2-1-5-19-7-9/h1-7H,8H2,(H2,20,21,22). The van der Waals surface area contributed by atoms with Gasteiger partial charge in [-0.2, -0.15) is 13.2 Å². The summed E-state index contributed by atoms with van der Waals surface area (Å²) in [6.45, 7) is 0.111. The summed E-state index contributed by atoms with van der Waals surface area (Å²) in [6.07, 6.45) is -1.54. The lowest BCUT2D eigenvalue weighted by Gasteiger charge is -2.11. The number of nitrogens with one attached hydrogen (secondary N) is 2. The van der Waals surface area contributed by atoms with Crippen molar-refractivity contribution >= 4 is 11.7 Å². The molecule has 0 fully saturated rings. The van der Waals surface area contributed by atoms with Crippen molar-refractivity contribution < 1.29 is 22.4 Å². The van der Waals surface area contributed by atoms with E-state index in [0.29, 0.717) is 23.8 Å². The highest BCUT2D eigenvalue weighted by Crippen LogP contribution is 2.31. The molecule has 116 valence electrons. The van der Waals surface area contributed by atoms with Crippen LogP contribution in [0.5, 0.6) is 0 Å². The van der Waals surface area contributed by atoms with Crippen molar-refractivity contribution in [2.24, 2.45) is 0 Å². The van der Waals surface area contributed by atoms with Crippen molar-refractivity contribution in [1.29, 1.82) is 0 Å². The zero-order valence-corrected chi connectivity index (χ0v) is 11.1. The van der Waals surface area contributed by atoms with E-state index in [9.17, 15) is 22.4 Å². The summed E-state index contributed by atoms with van der Waals surface area (Å²) < 4.78 is 51.1. The molecule has 1 heterocycles. The number of carbonyl (C=O) groups is 1. The molecule has 0 aliphatic heterocycles. The fraction of sp³-hybridized carbons (Fsp3) is 0.143. The predicted molar refractivity (Wildman–Crippen MR) is 71.5 cm³/mol. The Morgan fingerprint density at radius 1 is 1.23 bits per heavy atom. The summed E-state index contributed by atoms with van der Waals surface area (Å²) in [5.74, 6) is -0.954. The first kappa shape index (κ1) is 15.7. The molecule has 22 heavy (non-hydrogen) atoms. The largest absolute Gasteiger partial charge is 0.416 e. The van der Waals surface area contributed by atoms with Crippen LogP contribution in [-0.4, -0.2) is 11.0 Å². The number of carbonyl (C=O) groups excluding carboxylic acids is 1. The van der Waals surface area contributed by atoms with Crippen molar-refractivity contribution in [3.05, 3.63) is 59.7 Å². The Labute approximate surface area is 123 Å². The lowest BCUT2D eigenvalue weighted by molar-refractivity contribution is -0.137. The average molecular weight is 313 g/mol. The number of urea groups is 1. The highest BCUT2D eigenvalue weighted by molar-refractivity contribution is 5.89. The number of hydrogen-bond acceptors (Lipinski definition) is 2. The maximum Gasteiger partial charge on any atom is 0.416 e. The Bertz CT molecular complexity index is 659. The van der Waals surface area contributed by atoms with Gasteiger partial charge in [0.2, 0.25) is 0 Å². The van der Waals surface area contributed by atoms with Gasteiger partial charge in [-0.15, -0.1) is 0 Å². The minimum absolute atomic E-state index is 0.111. The van der Waals surface area contributed by atoms with E-state index in [2.05, 4.69) is 10.3 Å². The first-order valence-electron chi connectivity index (χ1n) is 6.17. The van der Waals surface area contributed by atoms with Gasteiger partial charge in [-0.25, -0.2) is 9.18 Å². The van der Waals surface area contributed by atoms with E-state index < -0.39 is 29.3 Å². The third-order valence-corrected chi connectivity index (χ3v) is 2.72. The average Bonchev–Trinajstić information content (AvgIpc) is 2.47. The van der Waals surface area contributed by atoms with E-state index in [1.807, 2.05) is 5.32 Å². The molecule has 0 saturated heterocycles. The van der Waals surface area contributed by atoms with Crippen LogP contribution in [0.25, 0.3) is 0 Å². The number of anilines is 1. The number of alkyl halides is 3. The summed E-state index contributed by atoms with van der Waals surface area (Å²) in [5.41, 5.74) is -0.892. The van der Waals surface area contributed by atoms with E-state index in [4.69, 9.17) is 0 Å². The second kappa shape index (κ2) is 6.42. The molecule has 0 aliphatic rings. The van der Waals surface area contributed by atoms with Gasteiger partial charge in [0.05, 0.1) is 11.3 Å². The Kier molecular flexibility index (Phi) is 4.59. The molecule has 0 spiro atoms. The van der Waals surface area contributed by atoms with E-state index in [0.717, 1.165) is 0 Å². The highest BCUT2D eigenvalue weighted by Gasteiger charge is 2.31. The molecule has 0 radical (unpaired) electrons. The van der Waals surface area contributed by atoms with Gasteiger partial charge in [0.25, 0.3) is 0 Å². The van der Waals surface area contributed by atoms with Crippen molar-refractivity contribution in [3.8, 4) is 0 Å². The molecule has 0 bridgehead atoms. The second-order valence-electron chi connectivity index (χ2n) is 4.36. The maximum atomic E-state index is 13.5. The number of benzene rings is 1. The van der Waals surface area contributed by atoms with Gasteiger partial charge in [0, 0.05) is 18.9 Å². The molecule has 1 aromatic carbocycles. The molecule has 2 aromatic rings. The maximum absolute atomic E-state index is 13.5. The summed E-state index contributed by atoms with van der Waals surface area (Å²) in [4.78, 5) is 15.5. The van der Waals surface area contributed by atoms with Crippen molar-refractivity contribution in [3.63, 3.8) is 0 Å². The van der Waals surface area contributed by atoms with Gasteiger partial charge in [-0.1, -0.05) is 6.07 Å². The normalized spacial score (nSPS) is 11.1. The van der Waals surface area contributed by atoms with Crippen LogP contribution in [0.3, 0.4) is 0 Å². The van der Waals surface area contributed by atoms with Crippen molar-refractivity contribution in [2.45, 2.75) is 12.7 Å². The van der Waals surface area contributed by atoms with Gasteiger partial charge in [0.15, 0.2) is 0 Å². The molecule has 0 unspecified atom stereocenters. The monoisotopic (exact) mass is 313 g/mol. The summed E-state index contributed by atoms with van der Waals surface area (Å²) in [6, 6.07) is 4.36. The summed E-state index contributed by atoms with van der Waals surface area (Å²) in [7, 11) is 0. The molecule has 4 nitrogen and oxygen atoms in total. The molecule has 2 rings (SSSR count). The van der Waals surface area contributed by atoms with Gasteiger partial charge < -0.3 is 10.6 Å². The third kappa shape index (κ3) is 4.18. The van der Waals surface area contributed by atoms with E-state index in [1.54, 1.807) is 18.3 Å². The third-order valence-electron chi connectivity index (χ3n) is 2.72. The molecule has 0 aliphatic carbocycles. The molecule has 0 saturated carbocycles. The Morgan fingerprint density at radius 2 is 2.00 bits per heavy atom. The van der Waals surface area contributed by atoms with Crippen LogP contribution in [0, 0.1) is 5.82 Å². The number of aromatic nitrogens is 1. The Balaban J connectivity index is 2.02. The lowest BCUT2D eigenvalue weighted by Crippen LogP contribution is -2.28. The van der Waals surface area contributed by atoms with Gasteiger partial charge >= 0.3 is 12.2 Å². The molecule has 2 N–H and O–H groups in total. The zero-order chi connectivity index (χ0) is 16.2. The Morgan fingerprint density at radius 3 is 2.64 bits per heavy atom. The van der Waals surface area contributed by atoms with Crippen LogP contribution < -0.4 is 10.6 Å². The summed E-state index contributed by atoms with van der Waals surface area (Å²) >= 11 is 0. The summed E-state index contributed by atoms with van der Waals surface area (Å²) in [5, 5.41) is 4.44. The number of pyridine rings is 1. The second-order valence-corrected chi connectivity index (χ2v) is 4.36. The van der Waals surface area contributed by atoms with E-state index >= 15 is 0 Å². The van der Waals surface area contributed by atoms with Crippen LogP contribution in [0.4, 0.5) is 28.0 Å². The van der Waals surface area contributed by atoms with Crippen molar-refractivity contribution in [1.82, 2.24) is 10.3 Å². The fourth-order valence-corrected chi connectivity index (χ4v) is 1.65. The van der Waals surface area contributed by atoms with E-state index in [-0.39, 0.29) is 6.54 Å². The highest BCUT2D eigenvalue weighted by atomic mass is 19.4. The fourth-order valence-electron chi connectivity index (χ4n) is 1.65. The number of halogens is 4. The minimum atomic E-state index is -4.61. The topological polar surface area (TPSA) is 54.0 Å². The van der Waals surface area contributed by atoms with Gasteiger partial charge in [-0.3, -0.25) is 4.98 Å². The SMILES string of the molecule is O=C(NCc1cccnc1)Nc1cc(C(F)(F)F)ccc1F. The van der Waals surface area contributed by atoms with E-state index in [1.165, 1.54) is 6.20 Å². The molecular formula is C14H11F4N3O. The first-order chi connectivity index (χ1) is 10.4.